The zero-order valence-corrected chi connectivity index (χ0v) is 21.5. The number of nitrogens with one attached hydrogen (secondary N) is 1. The van der Waals surface area contributed by atoms with Gasteiger partial charge in [0.25, 0.3) is 0 Å². The van der Waals surface area contributed by atoms with Crippen molar-refractivity contribution in [1.82, 2.24) is 4.98 Å². The van der Waals surface area contributed by atoms with Crippen molar-refractivity contribution >= 4 is 57.6 Å². The van der Waals surface area contributed by atoms with Gasteiger partial charge in [-0.25, -0.2) is 0 Å². The predicted octanol–water partition coefficient (Wildman–Crippen LogP) is 2.23. The van der Waals surface area contributed by atoms with Crippen LogP contribution < -0.4 is 33.8 Å². The van der Waals surface area contributed by atoms with Crippen LogP contribution in [0.4, 0.5) is 0 Å². The highest BCUT2D eigenvalue weighted by atomic mass is 16.6. The van der Waals surface area contributed by atoms with E-state index in [1.807, 2.05) is 0 Å². The van der Waals surface area contributed by atoms with Crippen LogP contribution in [-0.4, -0.2) is 40.8 Å². The summed E-state index contributed by atoms with van der Waals surface area (Å²) in [4.78, 5) is 87.6. The number of fused-ring (bicyclic) bond motifs is 2. The van der Waals surface area contributed by atoms with E-state index in [9.17, 15) is 33.6 Å². The van der Waals surface area contributed by atoms with Gasteiger partial charge in [-0.3, -0.25) is 33.6 Å². The van der Waals surface area contributed by atoms with Crippen LogP contribution in [0.3, 0.4) is 0 Å². The first-order valence-corrected chi connectivity index (χ1v) is 11.0. The molecule has 39 heavy (non-hydrogen) atoms. The highest BCUT2D eigenvalue weighted by Gasteiger charge is 2.28. The molecule has 0 aliphatic carbocycles. The number of carbonyl (C=O) groups is 6. The molecule has 3 aromatic rings. The van der Waals surface area contributed by atoms with Crippen LogP contribution in [0.15, 0.2) is 16.9 Å². The third kappa shape index (κ3) is 6.18. The standard InChI is InChI=1S/C25H21NO13/c1-9(27)34-17-7-15-19(24(38-13(5)31)22(17)36-11(3)29)26-20-16(21(15)33)8-18(35-10(2)28)23(37-12(4)30)25(20)39-14(6)32/h7-8H,1-6H3,(H,26,33). The quantitative estimate of drug-likeness (QED) is 0.271. The van der Waals surface area contributed by atoms with Crippen LogP contribution in [0.2, 0.25) is 0 Å². The second-order valence-corrected chi connectivity index (χ2v) is 7.93. The molecule has 14 heteroatoms. The summed E-state index contributed by atoms with van der Waals surface area (Å²) in [6, 6.07) is 2.11. The van der Waals surface area contributed by atoms with Crippen LogP contribution in [0.25, 0.3) is 21.8 Å². The van der Waals surface area contributed by atoms with Gasteiger partial charge in [-0.05, 0) is 12.1 Å². The summed E-state index contributed by atoms with van der Waals surface area (Å²) in [5.41, 5.74) is -1.33. The lowest BCUT2D eigenvalue weighted by Gasteiger charge is -2.18. The number of rotatable bonds is 6. The highest BCUT2D eigenvalue weighted by Crippen LogP contribution is 2.47. The minimum Gasteiger partial charge on any atom is -0.423 e. The van der Waals surface area contributed by atoms with Gasteiger partial charge in [0.1, 0.15) is 0 Å². The fraction of sp³-hybridized carbons (Fsp3) is 0.240. The molecule has 0 radical (unpaired) electrons. The molecule has 0 bridgehead atoms. The van der Waals surface area contributed by atoms with Gasteiger partial charge in [-0.2, -0.15) is 0 Å². The summed E-state index contributed by atoms with van der Waals surface area (Å²) in [6.07, 6.45) is 0. The molecular weight excluding hydrogens is 522 g/mol. The van der Waals surface area contributed by atoms with Crippen molar-refractivity contribution in [3.05, 3.63) is 22.4 Å². The first kappa shape index (κ1) is 28.3. The number of aromatic amines is 1. The number of benzene rings is 2. The second-order valence-electron chi connectivity index (χ2n) is 7.93. The number of H-pyrrole nitrogens is 1. The van der Waals surface area contributed by atoms with Gasteiger partial charge in [0.2, 0.25) is 23.0 Å². The van der Waals surface area contributed by atoms with E-state index in [0.29, 0.717) is 0 Å². The van der Waals surface area contributed by atoms with Gasteiger partial charge >= 0.3 is 35.8 Å². The Morgan fingerprint density at radius 1 is 0.487 bits per heavy atom. The van der Waals surface area contributed by atoms with E-state index in [4.69, 9.17) is 28.4 Å². The molecule has 0 amide bonds. The molecule has 1 aromatic heterocycles. The lowest BCUT2D eigenvalue weighted by atomic mass is 10.1. The van der Waals surface area contributed by atoms with Crippen LogP contribution >= 0.6 is 0 Å². The Morgan fingerprint density at radius 3 is 1.05 bits per heavy atom. The molecule has 1 N–H and O–H groups in total. The lowest BCUT2D eigenvalue weighted by molar-refractivity contribution is -0.135. The first-order chi connectivity index (χ1) is 18.2. The number of esters is 6. The highest BCUT2D eigenvalue weighted by molar-refractivity contribution is 6.03. The van der Waals surface area contributed by atoms with Crippen LogP contribution in [0.5, 0.6) is 34.5 Å². The van der Waals surface area contributed by atoms with Crippen molar-refractivity contribution in [2.75, 3.05) is 0 Å². The fourth-order valence-electron chi connectivity index (χ4n) is 3.53. The van der Waals surface area contributed by atoms with Gasteiger partial charge in [0, 0.05) is 41.5 Å². The van der Waals surface area contributed by atoms with E-state index < -0.39 is 75.7 Å². The average molecular weight is 543 g/mol. The van der Waals surface area contributed by atoms with E-state index in [0.717, 1.165) is 53.7 Å². The van der Waals surface area contributed by atoms with Crippen molar-refractivity contribution in [3.63, 3.8) is 0 Å². The molecule has 1 heterocycles. The summed E-state index contributed by atoms with van der Waals surface area (Å²) in [7, 11) is 0. The van der Waals surface area contributed by atoms with Crippen molar-refractivity contribution in [3.8, 4) is 34.5 Å². The molecule has 0 unspecified atom stereocenters. The predicted molar refractivity (Wildman–Crippen MR) is 130 cm³/mol. The maximum Gasteiger partial charge on any atom is 0.308 e. The lowest BCUT2D eigenvalue weighted by Crippen LogP contribution is -2.15. The maximum atomic E-state index is 13.7. The van der Waals surface area contributed by atoms with Crippen molar-refractivity contribution in [2.45, 2.75) is 41.5 Å². The van der Waals surface area contributed by atoms with Gasteiger partial charge in [-0.1, -0.05) is 0 Å². The minimum atomic E-state index is -0.906. The van der Waals surface area contributed by atoms with Crippen LogP contribution in [0.1, 0.15) is 41.5 Å². The molecule has 0 saturated carbocycles. The normalized spacial score (nSPS) is 10.5. The Bertz CT molecular complexity index is 1530. The Hall–Kier alpha value is -5.27. The third-order valence-corrected chi connectivity index (χ3v) is 4.63. The van der Waals surface area contributed by atoms with Crippen molar-refractivity contribution < 1.29 is 57.2 Å². The maximum absolute atomic E-state index is 13.7. The molecule has 2 aromatic carbocycles. The second kappa shape index (κ2) is 11.0. The van der Waals surface area contributed by atoms with E-state index in [-0.39, 0.29) is 21.8 Å². The number of pyridine rings is 1. The smallest absolute Gasteiger partial charge is 0.308 e. The average Bonchev–Trinajstić information content (AvgIpc) is 2.77. The molecule has 0 fully saturated rings. The van der Waals surface area contributed by atoms with Gasteiger partial charge in [0.15, 0.2) is 16.9 Å². The molecule has 14 nitrogen and oxygen atoms in total. The molecule has 0 saturated heterocycles. The van der Waals surface area contributed by atoms with E-state index in [2.05, 4.69) is 4.98 Å². The summed E-state index contributed by atoms with van der Waals surface area (Å²) >= 11 is 0. The first-order valence-electron chi connectivity index (χ1n) is 11.0. The molecule has 204 valence electrons. The number of hydrogen-bond acceptors (Lipinski definition) is 13. The van der Waals surface area contributed by atoms with E-state index in [1.54, 1.807) is 0 Å². The largest absolute Gasteiger partial charge is 0.423 e. The van der Waals surface area contributed by atoms with E-state index >= 15 is 0 Å². The Balaban J connectivity index is 2.63. The number of ether oxygens (including phenoxy) is 6. The zero-order valence-electron chi connectivity index (χ0n) is 21.5. The molecule has 0 atom stereocenters. The van der Waals surface area contributed by atoms with Gasteiger partial charge in [0.05, 0.1) is 21.8 Å². The summed E-state index contributed by atoms with van der Waals surface area (Å²) < 4.78 is 31.0. The van der Waals surface area contributed by atoms with Crippen molar-refractivity contribution in [1.29, 1.82) is 0 Å². The number of carbonyl (C=O) groups excluding carboxylic acids is 6. The SMILES string of the molecule is CC(=O)Oc1cc2c(=O)c3cc(OC(C)=O)c(OC(C)=O)c(OC(C)=O)c3[nH]c2c(OC(C)=O)c1OC(C)=O. The minimum absolute atomic E-state index is 0.242. The summed E-state index contributed by atoms with van der Waals surface area (Å²) in [5, 5.41) is -0.484. The summed E-state index contributed by atoms with van der Waals surface area (Å²) in [6.45, 7) is 6.20. The fourth-order valence-corrected chi connectivity index (χ4v) is 3.53. The molecule has 0 aliphatic rings. The Labute approximate surface area is 218 Å². The third-order valence-electron chi connectivity index (χ3n) is 4.63. The van der Waals surface area contributed by atoms with Gasteiger partial charge in [-0.15, -0.1) is 0 Å². The summed E-state index contributed by atoms with van der Waals surface area (Å²) in [5.74, 6) is -8.20. The van der Waals surface area contributed by atoms with Gasteiger partial charge < -0.3 is 33.4 Å². The van der Waals surface area contributed by atoms with E-state index in [1.165, 1.54) is 0 Å². The number of aromatic nitrogens is 1. The van der Waals surface area contributed by atoms with Crippen LogP contribution in [-0.2, 0) is 28.8 Å². The molecule has 0 spiro atoms. The molecule has 3 rings (SSSR count). The molecule has 0 aliphatic heterocycles. The topological polar surface area (TPSA) is 191 Å². The zero-order chi connectivity index (χ0) is 29.2. The Morgan fingerprint density at radius 2 is 0.769 bits per heavy atom. The molecular formula is C25H21NO13. The Kier molecular flexibility index (Phi) is 7.98. The number of hydrogen-bond donors (Lipinski definition) is 1. The monoisotopic (exact) mass is 543 g/mol. The van der Waals surface area contributed by atoms with Crippen LogP contribution in [0, 0.1) is 0 Å². The van der Waals surface area contributed by atoms with Crippen molar-refractivity contribution in [2.24, 2.45) is 0 Å².